The molecule has 6 fully saturated rings. The van der Waals surface area contributed by atoms with Crippen molar-refractivity contribution in [2.45, 2.75) is 66.5 Å². The minimum absolute atomic E-state index is 0.0142. The molecule has 1 aliphatic carbocycles. The number of carbonyl (C=O) groups excluding carboxylic acids is 2. The highest BCUT2D eigenvalue weighted by molar-refractivity contribution is 7.92. The number of piperidine rings is 1. The highest BCUT2D eigenvalue weighted by Crippen LogP contribution is 2.51. The van der Waals surface area contributed by atoms with E-state index in [0.29, 0.717) is 42.1 Å². The van der Waals surface area contributed by atoms with Crippen molar-refractivity contribution >= 4 is 27.5 Å². The van der Waals surface area contributed by atoms with E-state index in [-0.39, 0.29) is 42.2 Å². The molecule has 59 heavy (non-hydrogen) atoms. The SMILES string of the molecule is C=C(CN1CCOCC1)C(=O)N1CC(S(=O)(=O)c2ccc(N3CC[C@@H](CN4CCC([C@@](CN5CCC5)(c5cccc(F)c5)[C@H]5CCC[C@@H]5NC(=O)OC)CC4)C3)cc2)C1. The number of benzene rings is 2. The van der Waals surface area contributed by atoms with E-state index in [1.165, 1.54) is 13.5 Å². The smallest absolute Gasteiger partial charge is 0.407 e. The van der Waals surface area contributed by atoms with E-state index in [1.54, 1.807) is 29.2 Å². The van der Waals surface area contributed by atoms with Gasteiger partial charge < -0.3 is 34.4 Å². The second-order valence-electron chi connectivity index (χ2n) is 18.0. The highest BCUT2D eigenvalue weighted by Gasteiger charge is 2.53. The van der Waals surface area contributed by atoms with Gasteiger partial charge in [-0.25, -0.2) is 17.6 Å². The van der Waals surface area contributed by atoms with Crippen molar-refractivity contribution in [2.24, 2.45) is 17.8 Å². The molecule has 4 atom stereocenters. The van der Waals surface area contributed by atoms with Gasteiger partial charge in [0.2, 0.25) is 0 Å². The summed E-state index contributed by atoms with van der Waals surface area (Å²) in [5, 5.41) is 2.58. The van der Waals surface area contributed by atoms with E-state index in [9.17, 15) is 18.0 Å². The summed E-state index contributed by atoms with van der Waals surface area (Å²) in [4.78, 5) is 37.1. The van der Waals surface area contributed by atoms with Crippen molar-refractivity contribution in [2.75, 3.05) is 110 Å². The molecule has 12 nitrogen and oxygen atoms in total. The van der Waals surface area contributed by atoms with Crippen molar-refractivity contribution < 1.29 is 31.9 Å². The van der Waals surface area contributed by atoms with Crippen molar-refractivity contribution in [3.05, 3.63) is 72.1 Å². The van der Waals surface area contributed by atoms with Crippen LogP contribution in [-0.2, 0) is 29.5 Å². The minimum atomic E-state index is -3.57. The average Bonchev–Trinajstić information content (AvgIpc) is 3.88. The van der Waals surface area contributed by atoms with Crippen molar-refractivity contribution in [1.82, 2.24) is 24.9 Å². The van der Waals surface area contributed by atoms with Crippen LogP contribution in [0.15, 0.2) is 65.6 Å². The Morgan fingerprint density at radius 1 is 0.881 bits per heavy atom. The zero-order valence-corrected chi connectivity index (χ0v) is 35.6. The number of halogens is 1. The van der Waals surface area contributed by atoms with Crippen LogP contribution in [0, 0.1) is 23.6 Å². The number of nitrogens with one attached hydrogen (secondary N) is 1. The summed E-state index contributed by atoms with van der Waals surface area (Å²) >= 11 is 0. The number of alkyl carbamates (subject to hydrolysis) is 1. The highest BCUT2D eigenvalue weighted by atomic mass is 32.2. The molecule has 0 unspecified atom stereocenters. The summed E-state index contributed by atoms with van der Waals surface area (Å²) in [5.41, 5.74) is 2.31. The predicted octanol–water partition coefficient (Wildman–Crippen LogP) is 4.41. The maximum Gasteiger partial charge on any atom is 0.407 e. The standard InChI is InChI=1S/C45H63FN6O6S/c1-33(27-49-22-24-58-25-23-49)43(53)52-30-40(31-52)59(55,56)39-12-10-38(11-13-39)51-21-14-34(29-51)28-48-19-15-35(16-20-48)45(32-50-17-5-18-50,36-6-3-7-37(46)26-36)41-8-4-9-42(41)47-44(54)57-2/h3,6-7,10-13,26,34-35,40-42H,1,4-5,8-9,14-25,27-32H2,2H3,(H,47,54)/t34-,41-,42-,45-/m0/s1. The molecule has 2 aromatic rings. The molecule has 2 amide bonds. The van der Waals surface area contributed by atoms with E-state index < -0.39 is 21.2 Å². The number of ether oxygens (including phenoxy) is 2. The number of methoxy groups -OCH3 is 1. The zero-order valence-electron chi connectivity index (χ0n) is 34.7. The van der Waals surface area contributed by atoms with Crippen molar-refractivity contribution in [3.8, 4) is 0 Å². The summed E-state index contributed by atoms with van der Waals surface area (Å²) in [6.07, 6.45) is 6.84. The zero-order chi connectivity index (χ0) is 41.1. The molecule has 5 saturated heterocycles. The van der Waals surface area contributed by atoms with Gasteiger partial charge in [0.1, 0.15) is 11.1 Å². The second-order valence-corrected chi connectivity index (χ2v) is 20.2. The number of anilines is 1. The third kappa shape index (κ3) is 9.07. The summed E-state index contributed by atoms with van der Waals surface area (Å²) in [6.45, 7) is 15.5. The number of carbonyl (C=O) groups is 2. The molecular weight excluding hydrogens is 772 g/mol. The van der Waals surface area contributed by atoms with E-state index >= 15 is 4.39 Å². The molecule has 0 bridgehead atoms. The Hall–Kier alpha value is -3.56. The number of amides is 2. The topological polar surface area (TPSA) is 115 Å². The van der Waals surface area contributed by atoms with Gasteiger partial charge in [-0.15, -0.1) is 0 Å². The summed E-state index contributed by atoms with van der Waals surface area (Å²) < 4.78 is 52.6. The maximum absolute atomic E-state index is 15.1. The third-order valence-electron chi connectivity index (χ3n) is 14.5. The third-order valence-corrected chi connectivity index (χ3v) is 16.6. The van der Waals surface area contributed by atoms with Crippen LogP contribution in [0.2, 0.25) is 0 Å². The maximum atomic E-state index is 15.1. The normalized spacial score (nSPS) is 26.2. The number of morpholine rings is 1. The van der Waals surface area contributed by atoms with Gasteiger partial charge in [-0.1, -0.05) is 25.1 Å². The van der Waals surface area contributed by atoms with E-state index in [2.05, 4.69) is 37.6 Å². The van der Waals surface area contributed by atoms with Gasteiger partial charge in [-0.2, -0.15) is 0 Å². The second kappa shape index (κ2) is 18.2. The van der Waals surface area contributed by atoms with Gasteiger partial charge in [0.05, 0.1) is 25.2 Å². The molecule has 6 aliphatic rings. The molecule has 1 saturated carbocycles. The minimum Gasteiger partial charge on any atom is -0.453 e. The van der Waals surface area contributed by atoms with Crippen molar-refractivity contribution in [3.63, 3.8) is 0 Å². The van der Waals surface area contributed by atoms with E-state index in [1.807, 2.05) is 18.2 Å². The molecule has 5 aliphatic heterocycles. The fraction of sp³-hybridized carbons (Fsp3) is 0.644. The van der Waals surface area contributed by atoms with Crippen LogP contribution in [0.4, 0.5) is 14.9 Å². The molecular formula is C45H63FN6O6S. The lowest BCUT2D eigenvalue weighted by atomic mass is 9.57. The number of likely N-dealkylation sites (tertiary alicyclic amines) is 3. The number of sulfone groups is 1. The molecule has 8 rings (SSSR count). The molecule has 0 spiro atoms. The van der Waals surface area contributed by atoms with Gasteiger partial charge in [0.25, 0.3) is 5.91 Å². The lowest BCUT2D eigenvalue weighted by Crippen LogP contribution is -2.59. The molecule has 5 heterocycles. The number of nitrogens with zero attached hydrogens (tertiary/aromatic N) is 5. The molecule has 322 valence electrons. The summed E-state index contributed by atoms with van der Waals surface area (Å²) in [7, 11) is -2.15. The first kappa shape index (κ1) is 42.1. The van der Waals surface area contributed by atoms with E-state index in [4.69, 9.17) is 9.47 Å². The van der Waals surface area contributed by atoms with E-state index in [0.717, 1.165) is 115 Å². The monoisotopic (exact) mass is 834 g/mol. The number of hydrogen-bond acceptors (Lipinski definition) is 10. The first-order valence-electron chi connectivity index (χ1n) is 21.9. The van der Waals surface area contributed by atoms with Crippen LogP contribution < -0.4 is 10.2 Å². The average molecular weight is 835 g/mol. The predicted molar refractivity (Wildman–Crippen MR) is 226 cm³/mol. The summed E-state index contributed by atoms with van der Waals surface area (Å²) in [6, 6.07) is 14.6. The fourth-order valence-corrected chi connectivity index (χ4v) is 12.8. The Bertz CT molecular complexity index is 1910. The first-order valence-corrected chi connectivity index (χ1v) is 23.5. The molecule has 0 radical (unpaired) electrons. The van der Waals surface area contributed by atoms with Crippen LogP contribution in [0.3, 0.4) is 0 Å². The first-order chi connectivity index (χ1) is 28.5. The van der Waals surface area contributed by atoms with Crippen LogP contribution in [-0.4, -0.2) is 157 Å². The quantitative estimate of drug-likeness (QED) is 0.275. The molecule has 0 aromatic heterocycles. The molecule has 14 heteroatoms. The lowest BCUT2D eigenvalue weighted by Gasteiger charge is -2.53. The number of hydrogen-bond donors (Lipinski definition) is 1. The van der Waals surface area contributed by atoms with Gasteiger partial charge in [-0.3, -0.25) is 9.69 Å². The largest absolute Gasteiger partial charge is 0.453 e. The Balaban J connectivity index is 0.862. The Labute approximate surface area is 349 Å². The van der Waals surface area contributed by atoms with Crippen LogP contribution in [0.1, 0.15) is 50.5 Å². The van der Waals surface area contributed by atoms with Gasteiger partial charge in [0.15, 0.2) is 9.84 Å². The fourth-order valence-electron chi connectivity index (χ4n) is 11.1. The molecule has 1 N–H and O–H groups in total. The van der Waals surface area contributed by atoms with Gasteiger partial charge in [0, 0.05) is 81.6 Å². The van der Waals surface area contributed by atoms with Gasteiger partial charge in [-0.05, 0) is 124 Å². The lowest BCUT2D eigenvalue weighted by molar-refractivity contribution is -0.130. The van der Waals surface area contributed by atoms with Crippen LogP contribution >= 0.6 is 0 Å². The number of rotatable bonds is 14. The van der Waals surface area contributed by atoms with Crippen molar-refractivity contribution in [1.29, 1.82) is 0 Å². The van der Waals surface area contributed by atoms with Crippen LogP contribution in [0.25, 0.3) is 0 Å². The Morgan fingerprint density at radius 2 is 1.63 bits per heavy atom. The van der Waals surface area contributed by atoms with Gasteiger partial charge >= 0.3 is 6.09 Å². The molecule has 2 aromatic carbocycles. The Kier molecular flexibility index (Phi) is 13.0. The Morgan fingerprint density at radius 3 is 2.31 bits per heavy atom. The summed E-state index contributed by atoms with van der Waals surface area (Å²) in [5.74, 6) is 0.672. The van der Waals surface area contributed by atoms with Crippen LogP contribution in [0.5, 0.6) is 0 Å².